The van der Waals surface area contributed by atoms with Gasteiger partial charge in [0.2, 0.25) is 15.9 Å². The highest BCUT2D eigenvalue weighted by atomic mass is 35.5. The molecule has 2 N–H and O–H groups in total. The van der Waals surface area contributed by atoms with Crippen LogP contribution in [-0.2, 0) is 27.4 Å². The molecule has 0 aliphatic rings. The first-order chi connectivity index (χ1) is 16.5. The van der Waals surface area contributed by atoms with E-state index >= 15 is 0 Å². The first kappa shape index (κ1) is 26.5. The second-order valence-electron chi connectivity index (χ2n) is 7.44. The summed E-state index contributed by atoms with van der Waals surface area (Å²) in [4.78, 5) is 12.9. The summed E-state index contributed by atoms with van der Waals surface area (Å²) in [6.07, 6.45) is -4.89. The number of carbonyl (C=O) groups excluding carboxylic acids is 1. The van der Waals surface area contributed by atoms with E-state index in [0.29, 0.717) is 24.0 Å². The van der Waals surface area contributed by atoms with Gasteiger partial charge in [-0.05, 0) is 61.4 Å². The minimum Gasteiger partial charge on any atom is -0.494 e. The zero-order valence-electron chi connectivity index (χ0n) is 18.5. The molecule has 0 radical (unpaired) electrons. The molecule has 0 aliphatic carbocycles. The summed E-state index contributed by atoms with van der Waals surface area (Å²) in [6.45, 7) is 2.18. The van der Waals surface area contributed by atoms with Crippen molar-refractivity contribution in [1.29, 1.82) is 0 Å². The quantitative estimate of drug-likeness (QED) is 0.397. The van der Waals surface area contributed by atoms with Gasteiger partial charge >= 0.3 is 6.18 Å². The number of amides is 1. The van der Waals surface area contributed by atoms with Crippen molar-refractivity contribution >= 4 is 33.2 Å². The number of hydrogen-bond donors (Lipinski definition) is 2. The zero-order valence-corrected chi connectivity index (χ0v) is 20.0. The summed E-state index contributed by atoms with van der Waals surface area (Å²) in [5.74, 6) is -0.497. The van der Waals surface area contributed by atoms with Gasteiger partial charge < -0.3 is 10.1 Å². The third-order valence-electron chi connectivity index (χ3n) is 4.89. The van der Waals surface area contributed by atoms with Crippen LogP contribution in [0.2, 0.25) is 5.02 Å². The van der Waals surface area contributed by atoms with Gasteiger partial charge in [-0.15, -0.1) is 0 Å². The lowest BCUT2D eigenvalue weighted by Gasteiger charge is -2.21. The molecular formula is C24H22ClF3N2O4S. The van der Waals surface area contributed by atoms with Gasteiger partial charge in [-0.25, -0.2) is 8.42 Å². The number of halogens is 4. The van der Waals surface area contributed by atoms with E-state index in [1.807, 2.05) is 0 Å². The molecule has 0 heterocycles. The molecule has 0 spiro atoms. The molecule has 0 saturated heterocycles. The lowest BCUT2D eigenvalue weighted by molar-refractivity contribution is -0.137. The molecule has 0 aromatic heterocycles. The summed E-state index contributed by atoms with van der Waals surface area (Å²) >= 11 is 5.70. The van der Waals surface area contributed by atoms with Crippen LogP contribution < -0.4 is 14.8 Å². The normalized spacial score (nSPS) is 12.7. The van der Waals surface area contributed by atoms with Crippen LogP contribution in [0.15, 0.2) is 77.7 Å². The smallest absolute Gasteiger partial charge is 0.418 e. The average Bonchev–Trinajstić information content (AvgIpc) is 2.80. The molecular weight excluding hydrogens is 505 g/mol. The Hall–Kier alpha value is -3.08. The van der Waals surface area contributed by atoms with Crippen molar-refractivity contribution in [3.05, 3.63) is 88.9 Å². The van der Waals surface area contributed by atoms with Crippen molar-refractivity contribution in [3.63, 3.8) is 0 Å². The molecule has 3 aromatic rings. The molecule has 0 bridgehead atoms. The van der Waals surface area contributed by atoms with Crippen molar-refractivity contribution < 1.29 is 31.1 Å². The minimum absolute atomic E-state index is 0.0993. The summed E-state index contributed by atoms with van der Waals surface area (Å²) in [7, 11) is -4.20. The molecule has 0 saturated carbocycles. The average molecular weight is 527 g/mol. The van der Waals surface area contributed by atoms with Gasteiger partial charge in [0, 0.05) is 5.02 Å². The number of carbonyl (C=O) groups is 1. The van der Waals surface area contributed by atoms with Crippen molar-refractivity contribution in [3.8, 4) is 5.75 Å². The highest BCUT2D eigenvalue weighted by Gasteiger charge is 2.35. The van der Waals surface area contributed by atoms with E-state index in [1.54, 1.807) is 37.3 Å². The highest BCUT2D eigenvalue weighted by Crippen LogP contribution is 2.36. The Labute approximate surface area is 206 Å². The molecule has 6 nitrogen and oxygen atoms in total. The van der Waals surface area contributed by atoms with Gasteiger partial charge in [-0.1, -0.05) is 41.9 Å². The summed E-state index contributed by atoms with van der Waals surface area (Å²) in [5.41, 5.74) is -1.08. The van der Waals surface area contributed by atoms with E-state index in [-0.39, 0.29) is 16.3 Å². The zero-order chi connectivity index (χ0) is 25.6. The van der Waals surface area contributed by atoms with Crippen LogP contribution in [0.25, 0.3) is 0 Å². The fraction of sp³-hybridized carbons (Fsp3) is 0.208. The number of ether oxygens (including phenoxy) is 1. The maximum absolute atomic E-state index is 13.5. The van der Waals surface area contributed by atoms with Crippen LogP contribution in [-0.4, -0.2) is 27.0 Å². The summed E-state index contributed by atoms with van der Waals surface area (Å²) in [6, 6.07) is 15.5. The Morgan fingerprint density at radius 1 is 1.03 bits per heavy atom. The maximum Gasteiger partial charge on any atom is 0.418 e. The Morgan fingerprint density at radius 2 is 1.69 bits per heavy atom. The summed E-state index contributed by atoms with van der Waals surface area (Å²) in [5, 5.41) is 2.04. The van der Waals surface area contributed by atoms with Crippen LogP contribution in [0.3, 0.4) is 0 Å². The van der Waals surface area contributed by atoms with E-state index in [4.69, 9.17) is 16.3 Å². The lowest BCUT2D eigenvalue weighted by atomic mass is 10.1. The van der Waals surface area contributed by atoms with E-state index < -0.39 is 39.4 Å². The number of benzene rings is 3. The van der Waals surface area contributed by atoms with E-state index in [0.717, 1.165) is 6.07 Å². The van der Waals surface area contributed by atoms with Crippen LogP contribution in [0, 0.1) is 0 Å². The minimum atomic E-state index is -4.79. The Bertz CT molecular complexity index is 1270. The Balaban J connectivity index is 1.91. The third-order valence-corrected chi connectivity index (χ3v) is 6.61. The van der Waals surface area contributed by atoms with Crippen LogP contribution in [0.5, 0.6) is 5.75 Å². The second-order valence-corrected chi connectivity index (χ2v) is 9.60. The maximum atomic E-state index is 13.5. The number of rotatable bonds is 9. The van der Waals surface area contributed by atoms with Crippen LogP contribution >= 0.6 is 11.6 Å². The van der Waals surface area contributed by atoms with Crippen LogP contribution in [0.4, 0.5) is 18.9 Å². The number of sulfonamides is 1. The molecule has 1 unspecified atom stereocenters. The van der Waals surface area contributed by atoms with Gasteiger partial charge in [-0.2, -0.15) is 17.9 Å². The predicted molar refractivity (Wildman–Crippen MR) is 127 cm³/mol. The second kappa shape index (κ2) is 11.1. The van der Waals surface area contributed by atoms with Crippen molar-refractivity contribution in [1.82, 2.24) is 4.72 Å². The number of anilines is 1. The highest BCUT2D eigenvalue weighted by molar-refractivity contribution is 7.89. The largest absolute Gasteiger partial charge is 0.494 e. The molecule has 186 valence electrons. The number of alkyl halides is 3. The molecule has 1 atom stereocenters. The molecule has 3 rings (SSSR count). The number of hydrogen-bond acceptors (Lipinski definition) is 4. The first-order valence-corrected chi connectivity index (χ1v) is 12.3. The standard InChI is InChI=1S/C24H22ClF3N2O4S/c1-2-34-18-9-11-19(12-10-18)35(32,33)30-22(14-16-6-4-3-5-7-16)23(31)29-21-13-8-17(25)15-20(21)24(26,27)28/h3-13,15,22,30H,2,14H2,1H3,(H,29,31). The SMILES string of the molecule is CCOc1ccc(S(=O)(=O)NC(Cc2ccccc2)C(=O)Nc2ccc(Cl)cc2C(F)(F)F)cc1. The monoisotopic (exact) mass is 526 g/mol. The van der Waals surface area contributed by atoms with E-state index in [9.17, 15) is 26.4 Å². The van der Waals surface area contributed by atoms with Crippen molar-refractivity contribution in [2.24, 2.45) is 0 Å². The third kappa shape index (κ3) is 7.20. The molecule has 11 heteroatoms. The Morgan fingerprint density at radius 3 is 2.29 bits per heavy atom. The summed E-state index contributed by atoms with van der Waals surface area (Å²) < 4.78 is 74.0. The van der Waals surface area contributed by atoms with Gasteiger partial charge in [-0.3, -0.25) is 4.79 Å². The van der Waals surface area contributed by atoms with Gasteiger partial charge in [0.15, 0.2) is 0 Å². The Kier molecular flexibility index (Phi) is 8.42. The molecule has 0 aliphatic heterocycles. The van der Waals surface area contributed by atoms with Crippen molar-refractivity contribution in [2.75, 3.05) is 11.9 Å². The van der Waals surface area contributed by atoms with E-state index in [1.165, 1.54) is 30.3 Å². The fourth-order valence-electron chi connectivity index (χ4n) is 3.25. The molecule has 3 aromatic carbocycles. The molecule has 0 fully saturated rings. The predicted octanol–water partition coefficient (Wildman–Crippen LogP) is 5.29. The molecule has 1 amide bonds. The first-order valence-electron chi connectivity index (χ1n) is 10.5. The lowest BCUT2D eigenvalue weighted by Crippen LogP contribution is -2.45. The number of nitrogens with one attached hydrogen (secondary N) is 2. The van der Waals surface area contributed by atoms with E-state index in [2.05, 4.69) is 10.0 Å². The molecule has 35 heavy (non-hydrogen) atoms. The van der Waals surface area contributed by atoms with Gasteiger partial charge in [0.1, 0.15) is 11.8 Å². The topological polar surface area (TPSA) is 84.5 Å². The fourth-order valence-corrected chi connectivity index (χ4v) is 4.62. The van der Waals surface area contributed by atoms with Gasteiger partial charge in [0.25, 0.3) is 0 Å². The van der Waals surface area contributed by atoms with Crippen molar-refractivity contribution in [2.45, 2.75) is 30.5 Å². The van der Waals surface area contributed by atoms with Gasteiger partial charge in [0.05, 0.1) is 22.8 Å². The van der Waals surface area contributed by atoms with Crippen LogP contribution in [0.1, 0.15) is 18.1 Å².